The first kappa shape index (κ1) is 9.71. The van der Waals surface area contributed by atoms with Crippen molar-refractivity contribution in [2.24, 2.45) is 0 Å². The summed E-state index contributed by atoms with van der Waals surface area (Å²) in [5, 5.41) is 10.2. The first-order chi connectivity index (χ1) is 6.73. The van der Waals surface area contributed by atoms with Crippen LogP contribution in [0.4, 0.5) is 0 Å². The molecule has 0 radical (unpaired) electrons. The molecule has 1 aliphatic carbocycles. The highest BCUT2D eigenvalue weighted by molar-refractivity contribution is 4.95. The Bertz CT molecular complexity index is 300. The van der Waals surface area contributed by atoms with Crippen molar-refractivity contribution in [3.63, 3.8) is 0 Å². The fourth-order valence-electron chi connectivity index (χ4n) is 2.31. The molecular formula is C11H18N2O. The number of hydrogen-bond donors (Lipinski definition) is 1. The largest absolute Gasteiger partial charge is 0.388 e. The molecule has 0 spiro atoms. The van der Waals surface area contributed by atoms with Gasteiger partial charge in [0.25, 0.3) is 0 Å². The highest BCUT2D eigenvalue weighted by Gasteiger charge is 2.31. The van der Waals surface area contributed by atoms with E-state index in [1.807, 2.05) is 12.4 Å². The Balaban J connectivity index is 2.09. The highest BCUT2D eigenvalue weighted by atomic mass is 16.3. The third-order valence-corrected chi connectivity index (χ3v) is 3.12. The van der Waals surface area contributed by atoms with Gasteiger partial charge < -0.3 is 9.67 Å². The summed E-state index contributed by atoms with van der Waals surface area (Å²) in [7, 11) is 0. The Morgan fingerprint density at radius 3 is 2.86 bits per heavy atom. The topological polar surface area (TPSA) is 38.0 Å². The van der Waals surface area contributed by atoms with Gasteiger partial charge in [0.2, 0.25) is 0 Å². The van der Waals surface area contributed by atoms with E-state index in [4.69, 9.17) is 0 Å². The molecule has 78 valence electrons. The van der Waals surface area contributed by atoms with E-state index in [9.17, 15) is 5.11 Å². The van der Waals surface area contributed by atoms with Crippen molar-refractivity contribution in [1.82, 2.24) is 9.55 Å². The lowest BCUT2D eigenvalue weighted by molar-refractivity contribution is 0.0292. The monoisotopic (exact) mass is 194 g/mol. The van der Waals surface area contributed by atoms with Crippen molar-refractivity contribution in [3.8, 4) is 0 Å². The SMILES string of the molecule is CCc1nccn1CC1(O)CCCC1. The van der Waals surface area contributed by atoms with Crippen LogP contribution in [0.5, 0.6) is 0 Å². The summed E-state index contributed by atoms with van der Waals surface area (Å²) in [6.07, 6.45) is 8.91. The summed E-state index contributed by atoms with van der Waals surface area (Å²) in [6.45, 7) is 2.81. The number of aliphatic hydroxyl groups is 1. The van der Waals surface area contributed by atoms with Crippen LogP contribution < -0.4 is 0 Å². The Labute approximate surface area is 84.8 Å². The molecule has 1 fully saturated rings. The van der Waals surface area contributed by atoms with E-state index >= 15 is 0 Å². The first-order valence-corrected chi connectivity index (χ1v) is 5.46. The second-order valence-electron chi connectivity index (χ2n) is 4.26. The van der Waals surface area contributed by atoms with E-state index in [1.54, 1.807) is 0 Å². The lowest BCUT2D eigenvalue weighted by Crippen LogP contribution is -2.30. The molecule has 1 aromatic rings. The van der Waals surface area contributed by atoms with Crippen LogP contribution in [0.3, 0.4) is 0 Å². The molecule has 0 saturated heterocycles. The van der Waals surface area contributed by atoms with Crippen LogP contribution in [0.15, 0.2) is 12.4 Å². The second kappa shape index (κ2) is 3.73. The zero-order valence-corrected chi connectivity index (χ0v) is 8.74. The maximum atomic E-state index is 10.2. The van der Waals surface area contributed by atoms with Gasteiger partial charge in [-0.1, -0.05) is 19.8 Å². The van der Waals surface area contributed by atoms with Crippen LogP contribution in [0.25, 0.3) is 0 Å². The first-order valence-electron chi connectivity index (χ1n) is 5.46. The van der Waals surface area contributed by atoms with E-state index in [0.717, 1.165) is 44.5 Å². The third kappa shape index (κ3) is 1.82. The molecule has 0 unspecified atom stereocenters. The van der Waals surface area contributed by atoms with Gasteiger partial charge in [-0.2, -0.15) is 0 Å². The van der Waals surface area contributed by atoms with Crippen molar-refractivity contribution < 1.29 is 5.11 Å². The molecule has 0 aliphatic heterocycles. The van der Waals surface area contributed by atoms with Gasteiger partial charge in [-0.05, 0) is 12.8 Å². The van der Waals surface area contributed by atoms with E-state index in [-0.39, 0.29) is 0 Å². The van der Waals surface area contributed by atoms with Crippen LogP contribution >= 0.6 is 0 Å². The minimum absolute atomic E-state index is 0.468. The van der Waals surface area contributed by atoms with Gasteiger partial charge in [0.15, 0.2) is 0 Å². The number of rotatable bonds is 3. The molecule has 0 amide bonds. The number of aromatic nitrogens is 2. The van der Waals surface area contributed by atoms with Crippen molar-refractivity contribution in [3.05, 3.63) is 18.2 Å². The van der Waals surface area contributed by atoms with Gasteiger partial charge in [-0.15, -0.1) is 0 Å². The average Bonchev–Trinajstić information content (AvgIpc) is 2.75. The van der Waals surface area contributed by atoms with Gasteiger partial charge in [0.1, 0.15) is 5.82 Å². The zero-order chi connectivity index (χ0) is 10.0. The molecule has 1 heterocycles. The van der Waals surface area contributed by atoms with Gasteiger partial charge in [-0.25, -0.2) is 4.98 Å². The number of hydrogen-bond acceptors (Lipinski definition) is 2. The summed E-state index contributed by atoms with van der Waals surface area (Å²) >= 11 is 0. The van der Waals surface area contributed by atoms with Gasteiger partial charge in [0, 0.05) is 18.8 Å². The lowest BCUT2D eigenvalue weighted by atomic mass is 10.0. The van der Waals surface area contributed by atoms with Crippen molar-refractivity contribution >= 4 is 0 Å². The maximum Gasteiger partial charge on any atom is 0.108 e. The summed E-state index contributed by atoms with van der Waals surface area (Å²) in [5.41, 5.74) is -0.468. The standard InChI is InChI=1S/C11H18N2O/c1-2-10-12-7-8-13(10)9-11(14)5-3-4-6-11/h7-8,14H,2-6,9H2,1H3. The summed E-state index contributed by atoms with van der Waals surface area (Å²) < 4.78 is 2.09. The molecule has 1 aromatic heterocycles. The molecule has 0 aromatic carbocycles. The molecule has 1 aliphatic rings. The summed E-state index contributed by atoms with van der Waals surface area (Å²) in [6, 6.07) is 0. The normalized spacial score (nSPS) is 20.1. The third-order valence-electron chi connectivity index (χ3n) is 3.12. The maximum absolute atomic E-state index is 10.2. The van der Waals surface area contributed by atoms with Gasteiger partial charge >= 0.3 is 0 Å². The Morgan fingerprint density at radius 1 is 1.50 bits per heavy atom. The highest BCUT2D eigenvalue weighted by Crippen LogP contribution is 2.31. The fraction of sp³-hybridized carbons (Fsp3) is 0.727. The van der Waals surface area contributed by atoms with E-state index in [2.05, 4.69) is 16.5 Å². The zero-order valence-electron chi connectivity index (χ0n) is 8.74. The predicted molar refractivity (Wildman–Crippen MR) is 55.0 cm³/mol. The van der Waals surface area contributed by atoms with E-state index < -0.39 is 5.60 Å². The smallest absolute Gasteiger partial charge is 0.108 e. The second-order valence-corrected chi connectivity index (χ2v) is 4.26. The van der Waals surface area contributed by atoms with Crippen molar-refractivity contribution in [1.29, 1.82) is 0 Å². The van der Waals surface area contributed by atoms with Crippen LogP contribution in [0, 0.1) is 0 Å². The van der Waals surface area contributed by atoms with Gasteiger partial charge in [-0.3, -0.25) is 0 Å². The Hall–Kier alpha value is -0.830. The molecule has 0 atom stereocenters. The predicted octanol–water partition coefficient (Wildman–Crippen LogP) is 1.75. The molecule has 3 heteroatoms. The molecule has 14 heavy (non-hydrogen) atoms. The fourth-order valence-corrected chi connectivity index (χ4v) is 2.31. The van der Waals surface area contributed by atoms with E-state index in [0.29, 0.717) is 0 Å². The summed E-state index contributed by atoms with van der Waals surface area (Å²) in [5.74, 6) is 1.07. The quantitative estimate of drug-likeness (QED) is 0.796. The molecule has 0 bridgehead atoms. The number of imidazole rings is 1. The lowest BCUT2D eigenvalue weighted by Gasteiger charge is -2.23. The molecule has 1 saturated carbocycles. The van der Waals surface area contributed by atoms with Crippen molar-refractivity contribution in [2.75, 3.05) is 0 Å². The molecular weight excluding hydrogens is 176 g/mol. The Morgan fingerprint density at radius 2 is 2.21 bits per heavy atom. The van der Waals surface area contributed by atoms with Crippen LogP contribution in [-0.2, 0) is 13.0 Å². The van der Waals surface area contributed by atoms with Crippen molar-refractivity contribution in [2.45, 2.75) is 51.2 Å². The minimum Gasteiger partial charge on any atom is -0.388 e. The summed E-state index contributed by atoms with van der Waals surface area (Å²) in [4.78, 5) is 4.26. The van der Waals surface area contributed by atoms with E-state index in [1.165, 1.54) is 0 Å². The number of aryl methyl sites for hydroxylation is 1. The Kier molecular flexibility index (Phi) is 2.59. The number of nitrogens with zero attached hydrogens (tertiary/aromatic N) is 2. The molecule has 2 rings (SSSR count). The molecule has 1 N–H and O–H groups in total. The van der Waals surface area contributed by atoms with Crippen LogP contribution in [0.1, 0.15) is 38.4 Å². The average molecular weight is 194 g/mol. The van der Waals surface area contributed by atoms with Gasteiger partial charge in [0.05, 0.1) is 12.1 Å². The molecule has 3 nitrogen and oxygen atoms in total. The van der Waals surface area contributed by atoms with Crippen LogP contribution in [0.2, 0.25) is 0 Å². The minimum atomic E-state index is -0.468. The van der Waals surface area contributed by atoms with Crippen LogP contribution in [-0.4, -0.2) is 20.3 Å².